The van der Waals surface area contributed by atoms with Gasteiger partial charge in [-0.3, -0.25) is 0 Å². The molecule has 0 atom stereocenters. The number of rotatable bonds is 4. The molecule has 0 heterocycles. The standard InChI is InChI=1S/C23H23FO/c1-15(2)20-12-19(17-7-5-4-6-8-17)13-21(22(20)14-25)18-9-10-23(24)16(3)11-18/h4-13,15,25H,14H2,1-3H3. The summed E-state index contributed by atoms with van der Waals surface area (Å²) in [5.41, 5.74) is 6.80. The molecule has 1 N–H and O–H groups in total. The Balaban J connectivity index is 2.28. The number of aryl methyl sites for hydroxylation is 1. The zero-order valence-electron chi connectivity index (χ0n) is 14.9. The van der Waals surface area contributed by atoms with Gasteiger partial charge in [-0.1, -0.05) is 56.3 Å². The number of aliphatic hydroxyl groups excluding tert-OH is 1. The molecule has 0 unspecified atom stereocenters. The molecule has 0 bridgehead atoms. The fourth-order valence-corrected chi connectivity index (χ4v) is 3.25. The third-order valence-electron chi connectivity index (χ3n) is 4.64. The minimum atomic E-state index is -0.211. The molecule has 3 aromatic rings. The van der Waals surface area contributed by atoms with E-state index in [2.05, 4.69) is 38.1 Å². The molecule has 128 valence electrons. The minimum Gasteiger partial charge on any atom is -0.392 e. The zero-order valence-corrected chi connectivity index (χ0v) is 14.9. The van der Waals surface area contributed by atoms with Crippen molar-refractivity contribution in [2.24, 2.45) is 0 Å². The van der Waals surface area contributed by atoms with Crippen LogP contribution in [-0.2, 0) is 6.61 Å². The average Bonchev–Trinajstić information content (AvgIpc) is 2.63. The van der Waals surface area contributed by atoms with Crippen molar-refractivity contribution in [2.75, 3.05) is 0 Å². The van der Waals surface area contributed by atoms with E-state index in [-0.39, 0.29) is 18.3 Å². The molecule has 0 aliphatic rings. The molecule has 2 heteroatoms. The van der Waals surface area contributed by atoms with Crippen LogP contribution in [0.5, 0.6) is 0 Å². The fourth-order valence-electron chi connectivity index (χ4n) is 3.25. The van der Waals surface area contributed by atoms with Gasteiger partial charge in [0, 0.05) is 0 Å². The van der Waals surface area contributed by atoms with Crippen LogP contribution in [0.4, 0.5) is 4.39 Å². The molecular weight excluding hydrogens is 311 g/mol. The lowest BCUT2D eigenvalue weighted by molar-refractivity contribution is 0.280. The van der Waals surface area contributed by atoms with Crippen LogP contribution in [0.1, 0.15) is 36.5 Å². The Morgan fingerprint density at radius 2 is 1.60 bits per heavy atom. The van der Waals surface area contributed by atoms with Gasteiger partial charge in [0.05, 0.1) is 6.61 Å². The van der Waals surface area contributed by atoms with Crippen molar-refractivity contribution < 1.29 is 9.50 Å². The number of benzene rings is 3. The van der Waals surface area contributed by atoms with Crippen LogP contribution in [-0.4, -0.2) is 5.11 Å². The lowest BCUT2D eigenvalue weighted by atomic mass is 9.86. The summed E-state index contributed by atoms with van der Waals surface area (Å²) in [5.74, 6) is 0.0729. The molecule has 0 saturated carbocycles. The smallest absolute Gasteiger partial charge is 0.126 e. The van der Waals surface area contributed by atoms with Crippen molar-refractivity contribution in [3.63, 3.8) is 0 Å². The van der Waals surface area contributed by atoms with Gasteiger partial charge in [-0.2, -0.15) is 0 Å². The van der Waals surface area contributed by atoms with Gasteiger partial charge in [-0.05, 0) is 70.0 Å². The number of hydrogen-bond donors (Lipinski definition) is 1. The van der Waals surface area contributed by atoms with Gasteiger partial charge in [0.15, 0.2) is 0 Å². The normalized spacial score (nSPS) is 11.1. The maximum Gasteiger partial charge on any atom is 0.126 e. The summed E-state index contributed by atoms with van der Waals surface area (Å²) in [5, 5.41) is 10.0. The van der Waals surface area contributed by atoms with E-state index in [0.29, 0.717) is 5.56 Å². The zero-order chi connectivity index (χ0) is 18.0. The summed E-state index contributed by atoms with van der Waals surface area (Å²) < 4.78 is 13.7. The van der Waals surface area contributed by atoms with Crippen LogP contribution in [0.25, 0.3) is 22.3 Å². The molecule has 3 aromatic carbocycles. The van der Waals surface area contributed by atoms with Gasteiger partial charge in [0.25, 0.3) is 0 Å². The van der Waals surface area contributed by atoms with Crippen LogP contribution in [0.15, 0.2) is 60.7 Å². The average molecular weight is 334 g/mol. The number of halogens is 1. The van der Waals surface area contributed by atoms with Gasteiger partial charge in [0.1, 0.15) is 5.82 Å². The molecule has 0 saturated heterocycles. The third-order valence-corrected chi connectivity index (χ3v) is 4.64. The Labute approximate surface area is 148 Å². The summed E-state index contributed by atoms with van der Waals surface area (Å²) in [7, 11) is 0. The van der Waals surface area contributed by atoms with Crippen LogP contribution in [0.3, 0.4) is 0 Å². The highest BCUT2D eigenvalue weighted by Crippen LogP contribution is 2.36. The monoisotopic (exact) mass is 334 g/mol. The molecule has 0 fully saturated rings. The topological polar surface area (TPSA) is 20.2 Å². The molecule has 0 aliphatic carbocycles. The fraction of sp³-hybridized carbons (Fsp3) is 0.217. The second-order valence-electron chi connectivity index (χ2n) is 6.73. The van der Waals surface area contributed by atoms with E-state index in [9.17, 15) is 9.50 Å². The molecule has 25 heavy (non-hydrogen) atoms. The van der Waals surface area contributed by atoms with E-state index in [4.69, 9.17) is 0 Å². The first-order valence-electron chi connectivity index (χ1n) is 8.61. The van der Waals surface area contributed by atoms with E-state index in [0.717, 1.165) is 33.4 Å². The predicted molar refractivity (Wildman–Crippen MR) is 102 cm³/mol. The molecule has 0 aliphatic heterocycles. The molecule has 1 nitrogen and oxygen atoms in total. The summed E-state index contributed by atoms with van der Waals surface area (Å²) in [6.45, 7) is 5.99. The minimum absolute atomic E-state index is 0.0334. The molecule has 0 aromatic heterocycles. The van der Waals surface area contributed by atoms with Crippen molar-refractivity contribution in [1.29, 1.82) is 0 Å². The largest absolute Gasteiger partial charge is 0.392 e. The van der Waals surface area contributed by atoms with E-state index in [1.807, 2.05) is 24.3 Å². The summed E-state index contributed by atoms with van der Waals surface area (Å²) in [4.78, 5) is 0. The van der Waals surface area contributed by atoms with E-state index < -0.39 is 0 Å². The summed E-state index contributed by atoms with van der Waals surface area (Å²) in [6.07, 6.45) is 0. The Hall–Kier alpha value is -2.45. The van der Waals surface area contributed by atoms with Crippen molar-refractivity contribution in [3.05, 3.63) is 83.2 Å². The van der Waals surface area contributed by atoms with Gasteiger partial charge < -0.3 is 5.11 Å². The summed E-state index contributed by atoms with van der Waals surface area (Å²) >= 11 is 0. The van der Waals surface area contributed by atoms with Crippen molar-refractivity contribution in [1.82, 2.24) is 0 Å². The Morgan fingerprint density at radius 3 is 2.20 bits per heavy atom. The first-order chi connectivity index (χ1) is 12.0. The maximum absolute atomic E-state index is 13.7. The lowest BCUT2D eigenvalue weighted by Gasteiger charge is -2.19. The van der Waals surface area contributed by atoms with Crippen molar-refractivity contribution in [2.45, 2.75) is 33.3 Å². The van der Waals surface area contributed by atoms with Gasteiger partial charge in [0.2, 0.25) is 0 Å². The molecule has 0 amide bonds. The Morgan fingerprint density at radius 1 is 0.880 bits per heavy atom. The van der Waals surface area contributed by atoms with Gasteiger partial charge in [-0.25, -0.2) is 4.39 Å². The van der Waals surface area contributed by atoms with Gasteiger partial charge >= 0.3 is 0 Å². The van der Waals surface area contributed by atoms with Crippen LogP contribution < -0.4 is 0 Å². The number of hydrogen-bond acceptors (Lipinski definition) is 1. The SMILES string of the molecule is Cc1cc(-c2cc(-c3ccccc3)cc(C(C)C)c2CO)ccc1F. The maximum atomic E-state index is 13.7. The lowest BCUT2D eigenvalue weighted by Crippen LogP contribution is -2.01. The first kappa shape index (κ1) is 17.4. The predicted octanol–water partition coefficient (Wildman–Crippen LogP) is 6.08. The molecule has 3 rings (SSSR count). The highest BCUT2D eigenvalue weighted by atomic mass is 19.1. The quantitative estimate of drug-likeness (QED) is 0.612. The Kier molecular flexibility index (Phi) is 5.00. The first-order valence-corrected chi connectivity index (χ1v) is 8.61. The second-order valence-corrected chi connectivity index (χ2v) is 6.73. The summed E-state index contributed by atoms with van der Waals surface area (Å²) in [6, 6.07) is 19.6. The van der Waals surface area contributed by atoms with Crippen LogP contribution in [0, 0.1) is 12.7 Å². The molecular formula is C23H23FO. The molecule has 0 radical (unpaired) electrons. The van der Waals surface area contributed by atoms with Crippen molar-refractivity contribution in [3.8, 4) is 22.3 Å². The van der Waals surface area contributed by atoms with Crippen LogP contribution >= 0.6 is 0 Å². The van der Waals surface area contributed by atoms with E-state index in [1.165, 1.54) is 6.07 Å². The van der Waals surface area contributed by atoms with Crippen molar-refractivity contribution >= 4 is 0 Å². The van der Waals surface area contributed by atoms with E-state index >= 15 is 0 Å². The second kappa shape index (κ2) is 7.20. The highest BCUT2D eigenvalue weighted by Gasteiger charge is 2.16. The number of aliphatic hydroxyl groups is 1. The molecule has 0 spiro atoms. The van der Waals surface area contributed by atoms with E-state index in [1.54, 1.807) is 13.0 Å². The Bertz CT molecular complexity index is 882. The third kappa shape index (κ3) is 3.49. The highest BCUT2D eigenvalue weighted by molar-refractivity contribution is 5.77. The van der Waals surface area contributed by atoms with Crippen LogP contribution in [0.2, 0.25) is 0 Å². The van der Waals surface area contributed by atoms with Gasteiger partial charge in [-0.15, -0.1) is 0 Å².